The highest BCUT2D eigenvalue weighted by Gasteiger charge is 2.38. The summed E-state index contributed by atoms with van der Waals surface area (Å²) >= 11 is 1.87. The number of thioether (sulfide) groups is 1. The summed E-state index contributed by atoms with van der Waals surface area (Å²) in [5, 5.41) is 13.2. The molecule has 4 heteroatoms. The summed E-state index contributed by atoms with van der Waals surface area (Å²) in [6, 6.07) is 0.434. The Kier molecular flexibility index (Phi) is 5.32. The molecular formula is C13H25NO2S. The minimum atomic E-state index is -0.745. The van der Waals surface area contributed by atoms with Crippen molar-refractivity contribution in [1.29, 1.82) is 0 Å². The van der Waals surface area contributed by atoms with Gasteiger partial charge in [0.1, 0.15) is 5.54 Å². The Balaban J connectivity index is 2.36. The van der Waals surface area contributed by atoms with Gasteiger partial charge in [-0.2, -0.15) is 11.8 Å². The molecule has 3 nitrogen and oxygen atoms in total. The van der Waals surface area contributed by atoms with Gasteiger partial charge < -0.3 is 5.11 Å². The van der Waals surface area contributed by atoms with Crippen molar-refractivity contribution in [2.45, 2.75) is 63.8 Å². The Labute approximate surface area is 109 Å². The SMILES string of the molecule is CC(C)C(C)SCCC(C)(NC1CC1)C(=O)O. The molecule has 0 amide bonds. The molecule has 1 fully saturated rings. The average molecular weight is 259 g/mol. The lowest BCUT2D eigenvalue weighted by molar-refractivity contribution is -0.144. The third-order valence-electron chi connectivity index (χ3n) is 3.49. The first-order chi connectivity index (χ1) is 7.85. The number of rotatable bonds is 8. The largest absolute Gasteiger partial charge is 0.480 e. The van der Waals surface area contributed by atoms with Crippen molar-refractivity contribution in [2.24, 2.45) is 5.92 Å². The van der Waals surface area contributed by atoms with E-state index >= 15 is 0 Å². The predicted molar refractivity (Wildman–Crippen MR) is 73.6 cm³/mol. The maximum Gasteiger partial charge on any atom is 0.323 e. The minimum absolute atomic E-state index is 0.434. The average Bonchev–Trinajstić information content (AvgIpc) is 3.00. The monoisotopic (exact) mass is 259 g/mol. The van der Waals surface area contributed by atoms with E-state index in [1.807, 2.05) is 18.7 Å². The second-order valence-corrected chi connectivity index (χ2v) is 7.11. The summed E-state index contributed by atoms with van der Waals surface area (Å²) in [5.74, 6) is 0.830. The van der Waals surface area contributed by atoms with E-state index in [0.29, 0.717) is 23.6 Å². The number of aliphatic carboxylic acids is 1. The zero-order valence-electron chi connectivity index (χ0n) is 11.3. The Morgan fingerprint density at radius 2 is 2.06 bits per heavy atom. The molecule has 0 aromatic heterocycles. The lowest BCUT2D eigenvalue weighted by atomic mass is 9.99. The molecule has 0 bridgehead atoms. The van der Waals surface area contributed by atoms with E-state index in [1.165, 1.54) is 0 Å². The molecule has 1 aliphatic rings. The Hall–Kier alpha value is -0.220. The topological polar surface area (TPSA) is 49.3 Å². The smallest absolute Gasteiger partial charge is 0.323 e. The zero-order chi connectivity index (χ0) is 13.1. The highest BCUT2D eigenvalue weighted by molar-refractivity contribution is 7.99. The lowest BCUT2D eigenvalue weighted by Crippen LogP contribution is -2.51. The second kappa shape index (κ2) is 6.10. The van der Waals surface area contributed by atoms with Crippen LogP contribution in [-0.4, -0.2) is 33.7 Å². The van der Waals surface area contributed by atoms with Crippen molar-refractivity contribution >= 4 is 17.7 Å². The Bertz CT molecular complexity index is 266. The summed E-state index contributed by atoms with van der Waals surface area (Å²) in [4.78, 5) is 11.3. The fourth-order valence-corrected chi connectivity index (χ4v) is 2.84. The second-order valence-electron chi connectivity index (χ2n) is 5.63. The van der Waals surface area contributed by atoms with Crippen molar-refractivity contribution in [2.75, 3.05) is 5.75 Å². The van der Waals surface area contributed by atoms with Gasteiger partial charge in [-0.3, -0.25) is 10.1 Å². The molecule has 0 spiro atoms. The van der Waals surface area contributed by atoms with E-state index in [4.69, 9.17) is 0 Å². The molecule has 0 saturated heterocycles. The van der Waals surface area contributed by atoms with E-state index in [-0.39, 0.29) is 0 Å². The van der Waals surface area contributed by atoms with Crippen molar-refractivity contribution in [3.05, 3.63) is 0 Å². The van der Waals surface area contributed by atoms with Gasteiger partial charge in [0, 0.05) is 11.3 Å². The van der Waals surface area contributed by atoms with Gasteiger partial charge in [0.25, 0.3) is 0 Å². The predicted octanol–water partition coefficient (Wildman–Crippen LogP) is 2.75. The van der Waals surface area contributed by atoms with Crippen LogP contribution >= 0.6 is 11.8 Å². The van der Waals surface area contributed by atoms with Gasteiger partial charge in [-0.1, -0.05) is 20.8 Å². The summed E-state index contributed by atoms with van der Waals surface area (Å²) in [6.07, 6.45) is 2.94. The number of nitrogens with one attached hydrogen (secondary N) is 1. The number of hydrogen-bond acceptors (Lipinski definition) is 3. The van der Waals surface area contributed by atoms with Crippen molar-refractivity contribution in [1.82, 2.24) is 5.32 Å². The first-order valence-electron chi connectivity index (χ1n) is 6.48. The molecule has 0 aromatic rings. The van der Waals surface area contributed by atoms with Gasteiger partial charge >= 0.3 is 5.97 Å². The first kappa shape index (κ1) is 14.8. The van der Waals surface area contributed by atoms with Gasteiger partial charge in [-0.05, 0) is 37.9 Å². The third kappa shape index (κ3) is 4.88. The van der Waals surface area contributed by atoms with Crippen molar-refractivity contribution < 1.29 is 9.90 Å². The van der Waals surface area contributed by atoms with Crippen LogP contribution in [0, 0.1) is 5.92 Å². The van der Waals surface area contributed by atoms with Crippen LogP contribution in [0.2, 0.25) is 0 Å². The fourth-order valence-electron chi connectivity index (χ4n) is 1.56. The van der Waals surface area contributed by atoms with Crippen LogP contribution in [-0.2, 0) is 4.79 Å². The summed E-state index contributed by atoms with van der Waals surface area (Å²) in [5.41, 5.74) is -0.745. The highest BCUT2D eigenvalue weighted by atomic mass is 32.2. The first-order valence-corrected chi connectivity index (χ1v) is 7.52. The van der Waals surface area contributed by atoms with E-state index in [2.05, 4.69) is 26.1 Å². The van der Waals surface area contributed by atoms with Gasteiger partial charge in [0.05, 0.1) is 0 Å². The standard InChI is InChI=1S/C13H25NO2S/c1-9(2)10(3)17-8-7-13(4,12(15)16)14-11-5-6-11/h9-11,14H,5-8H2,1-4H3,(H,15,16). The molecule has 1 aliphatic carbocycles. The van der Waals surface area contributed by atoms with E-state index in [0.717, 1.165) is 18.6 Å². The van der Waals surface area contributed by atoms with E-state index in [1.54, 1.807) is 0 Å². The molecule has 17 heavy (non-hydrogen) atoms. The van der Waals surface area contributed by atoms with Crippen LogP contribution < -0.4 is 5.32 Å². The molecular weight excluding hydrogens is 234 g/mol. The maximum absolute atomic E-state index is 11.3. The Morgan fingerprint density at radius 1 is 1.47 bits per heavy atom. The molecule has 2 unspecified atom stereocenters. The number of carboxylic acid groups (broad SMARTS) is 1. The molecule has 2 atom stereocenters. The van der Waals surface area contributed by atoms with Crippen LogP contribution in [0.4, 0.5) is 0 Å². The van der Waals surface area contributed by atoms with Gasteiger partial charge in [-0.15, -0.1) is 0 Å². The number of carboxylic acids is 1. The fraction of sp³-hybridized carbons (Fsp3) is 0.923. The third-order valence-corrected chi connectivity index (χ3v) is 5.00. The summed E-state index contributed by atoms with van der Waals surface area (Å²) in [7, 11) is 0. The quantitative estimate of drug-likeness (QED) is 0.704. The van der Waals surface area contributed by atoms with Crippen LogP contribution in [0.5, 0.6) is 0 Å². The van der Waals surface area contributed by atoms with E-state index in [9.17, 15) is 9.90 Å². The van der Waals surface area contributed by atoms with Gasteiger partial charge in [0.2, 0.25) is 0 Å². The normalized spacial score (nSPS) is 21.2. The zero-order valence-corrected chi connectivity index (χ0v) is 12.1. The molecule has 0 radical (unpaired) electrons. The molecule has 0 aliphatic heterocycles. The molecule has 0 heterocycles. The van der Waals surface area contributed by atoms with Crippen molar-refractivity contribution in [3.8, 4) is 0 Å². The summed E-state index contributed by atoms with van der Waals surface area (Å²) < 4.78 is 0. The van der Waals surface area contributed by atoms with Crippen LogP contribution in [0.25, 0.3) is 0 Å². The lowest BCUT2D eigenvalue weighted by Gasteiger charge is -2.27. The number of hydrogen-bond donors (Lipinski definition) is 2. The molecule has 100 valence electrons. The minimum Gasteiger partial charge on any atom is -0.480 e. The van der Waals surface area contributed by atoms with Crippen LogP contribution in [0.1, 0.15) is 47.0 Å². The van der Waals surface area contributed by atoms with Crippen molar-refractivity contribution in [3.63, 3.8) is 0 Å². The molecule has 2 N–H and O–H groups in total. The Morgan fingerprint density at radius 3 is 2.47 bits per heavy atom. The van der Waals surface area contributed by atoms with E-state index < -0.39 is 11.5 Å². The summed E-state index contributed by atoms with van der Waals surface area (Å²) in [6.45, 7) is 8.43. The van der Waals surface area contributed by atoms with Crippen LogP contribution in [0.3, 0.4) is 0 Å². The molecule has 1 saturated carbocycles. The maximum atomic E-state index is 11.3. The number of carbonyl (C=O) groups is 1. The molecule has 1 rings (SSSR count). The van der Waals surface area contributed by atoms with Gasteiger partial charge in [0.15, 0.2) is 0 Å². The highest BCUT2D eigenvalue weighted by Crippen LogP contribution is 2.27. The molecule has 0 aromatic carbocycles. The van der Waals surface area contributed by atoms with Gasteiger partial charge in [-0.25, -0.2) is 0 Å². The van der Waals surface area contributed by atoms with Crippen LogP contribution in [0.15, 0.2) is 0 Å².